The molecule has 3 nitrogen and oxygen atoms in total. The summed E-state index contributed by atoms with van der Waals surface area (Å²) in [5.41, 5.74) is 0. The zero-order chi connectivity index (χ0) is 7.98. The molecule has 0 atom stereocenters. The zero-order valence-electron chi connectivity index (χ0n) is 5.92. The average Bonchev–Trinajstić information content (AvgIpc) is 1.87. The molecule has 0 fully saturated rings. The fourth-order valence-electron chi connectivity index (χ4n) is 0.570. The van der Waals surface area contributed by atoms with Crippen LogP contribution >= 0.6 is 0 Å². The Hall–Kier alpha value is -0.990. The molecule has 56 valence electrons. The normalized spacial score (nSPS) is 8.90. The second-order valence-electron chi connectivity index (χ2n) is 2.14. The van der Waals surface area contributed by atoms with E-state index in [2.05, 4.69) is 0 Å². The Morgan fingerprint density at radius 2 is 1.90 bits per heavy atom. The lowest BCUT2D eigenvalue weighted by molar-refractivity contribution is -0.130. The number of carbonyl (C=O) groups excluding carboxylic acids is 3. The number of hydrogen-bond donors (Lipinski definition) is 0. The van der Waals surface area contributed by atoms with Crippen molar-refractivity contribution in [3.05, 3.63) is 0 Å². The third-order valence-corrected chi connectivity index (χ3v) is 1.08. The highest BCUT2D eigenvalue weighted by Gasteiger charge is 1.99. The van der Waals surface area contributed by atoms with Gasteiger partial charge in [0.15, 0.2) is 12.1 Å². The van der Waals surface area contributed by atoms with Gasteiger partial charge in [0.2, 0.25) is 0 Å². The standard InChI is InChI=1S/C7H10O3/c1-6(9)3-2-4-7(10)5-8/h5H,2-4H2,1H3. The van der Waals surface area contributed by atoms with Crippen molar-refractivity contribution in [1.29, 1.82) is 0 Å². The summed E-state index contributed by atoms with van der Waals surface area (Å²) in [6.45, 7) is 1.46. The Kier molecular flexibility index (Phi) is 4.37. The lowest BCUT2D eigenvalue weighted by Crippen LogP contribution is -1.99. The highest BCUT2D eigenvalue weighted by atomic mass is 16.2. The second kappa shape index (κ2) is 4.85. The summed E-state index contributed by atoms with van der Waals surface area (Å²) in [7, 11) is 0. The molecule has 0 spiro atoms. The van der Waals surface area contributed by atoms with E-state index in [0.29, 0.717) is 19.1 Å². The molecule has 0 aliphatic carbocycles. The van der Waals surface area contributed by atoms with Crippen LogP contribution in [0, 0.1) is 0 Å². The van der Waals surface area contributed by atoms with Crippen molar-refractivity contribution in [1.82, 2.24) is 0 Å². The van der Waals surface area contributed by atoms with Gasteiger partial charge >= 0.3 is 0 Å². The lowest BCUT2D eigenvalue weighted by atomic mass is 10.1. The molecule has 0 bridgehead atoms. The summed E-state index contributed by atoms with van der Waals surface area (Å²) < 4.78 is 0. The summed E-state index contributed by atoms with van der Waals surface area (Å²) in [4.78, 5) is 30.4. The van der Waals surface area contributed by atoms with E-state index in [1.165, 1.54) is 6.92 Å². The van der Waals surface area contributed by atoms with Crippen LogP contribution in [0.2, 0.25) is 0 Å². The number of rotatable bonds is 5. The minimum absolute atomic E-state index is 0.0544. The number of ketones is 2. The molecule has 0 aromatic rings. The largest absolute Gasteiger partial charge is 0.300 e. The quantitative estimate of drug-likeness (QED) is 0.415. The summed E-state index contributed by atoms with van der Waals surface area (Å²) >= 11 is 0. The minimum Gasteiger partial charge on any atom is -0.300 e. The van der Waals surface area contributed by atoms with Crippen molar-refractivity contribution in [3.63, 3.8) is 0 Å². The summed E-state index contributed by atoms with van der Waals surface area (Å²) in [6.07, 6.45) is 1.37. The summed E-state index contributed by atoms with van der Waals surface area (Å²) in [5, 5.41) is 0. The minimum atomic E-state index is -0.429. The third kappa shape index (κ3) is 5.15. The molecule has 3 heteroatoms. The molecule has 0 aromatic carbocycles. The molecule has 0 unspecified atom stereocenters. The smallest absolute Gasteiger partial charge is 0.195 e. The van der Waals surface area contributed by atoms with Crippen LogP contribution in [-0.2, 0) is 14.4 Å². The van der Waals surface area contributed by atoms with E-state index in [1.54, 1.807) is 0 Å². The SMILES string of the molecule is CC(=O)CCCC(=O)C=O. The van der Waals surface area contributed by atoms with E-state index in [4.69, 9.17) is 0 Å². The van der Waals surface area contributed by atoms with E-state index in [0.717, 1.165) is 0 Å². The van der Waals surface area contributed by atoms with Gasteiger partial charge in [-0.05, 0) is 13.3 Å². The van der Waals surface area contributed by atoms with Gasteiger partial charge in [-0.1, -0.05) is 0 Å². The maximum absolute atomic E-state index is 10.3. The number of hydrogen-bond acceptors (Lipinski definition) is 3. The predicted octanol–water partition coefficient (Wildman–Crippen LogP) is 0.514. The first-order valence-corrected chi connectivity index (χ1v) is 3.14. The number of carbonyl (C=O) groups is 3. The van der Waals surface area contributed by atoms with Crippen LogP contribution < -0.4 is 0 Å². The van der Waals surface area contributed by atoms with Crippen LogP contribution in [-0.4, -0.2) is 17.9 Å². The highest BCUT2D eigenvalue weighted by Crippen LogP contribution is 1.95. The Labute approximate surface area is 59.4 Å². The van der Waals surface area contributed by atoms with Crippen LogP contribution in [0.25, 0.3) is 0 Å². The van der Waals surface area contributed by atoms with Gasteiger partial charge in [-0.3, -0.25) is 9.59 Å². The molecule has 10 heavy (non-hydrogen) atoms. The molecule has 0 radical (unpaired) electrons. The highest BCUT2D eigenvalue weighted by molar-refractivity contribution is 6.24. The molecule has 0 amide bonds. The Bertz CT molecular complexity index is 149. The van der Waals surface area contributed by atoms with Crippen LogP contribution in [0.1, 0.15) is 26.2 Å². The second-order valence-corrected chi connectivity index (χ2v) is 2.14. The van der Waals surface area contributed by atoms with E-state index < -0.39 is 5.78 Å². The molecule has 0 N–H and O–H groups in total. The predicted molar refractivity (Wildman–Crippen MR) is 35.6 cm³/mol. The van der Waals surface area contributed by atoms with Crippen LogP contribution in [0.4, 0.5) is 0 Å². The molecular weight excluding hydrogens is 132 g/mol. The molecule has 0 aliphatic rings. The first-order valence-electron chi connectivity index (χ1n) is 3.14. The van der Waals surface area contributed by atoms with E-state index in [1.807, 2.05) is 0 Å². The first kappa shape index (κ1) is 9.01. The fraction of sp³-hybridized carbons (Fsp3) is 0.571. The van der Waals surface area contributed by atoms with Gasteiger partial charge in [0.1, 0.15) is 5.78 Å². The van der Waals surface area contributed by atoms with Gasteiger partial charge in [-0.15, -0.1) is 0 Å². The molecule has 0 saturated heterocycles. The Morgan fingerprint density at radius 3 is 2.30 bits per heavy atom. The van der Waals surface area contributed by atoms with Crippen LogP contribution in [0.5, 0.6) is 0 Å². The Balaban J connectivity index is 3.28. The van der Waals surface area contributed by atoms with Crippen LogP contribution in [0.15, 0.2) is 0 Å². The van der Waals surface area contributed by atoms with Gasteiger partial charge in [-0.25, -0.2) is 0 Å². The van der Waals surface area contributed by atoms with Crippen molar-refractivity contribution < 1.29 is 14.4 Å². The van der Waals surface area contributed by atoms with E-state index in [-0.39, 0.29) is 12.2 Å². The summed E-state index contributed by atoms with van der Waals surface area (Å²) in [5.74, 6) is -0.375. The molecule has 0 aliphatic heterocycles. The number of Topliss-reactive ketones (excluding diaryl/α,β-unsaturated/α-hetero) is 2. The van der Waals surface area contributed by atoms with E-state index in [9.17, 15) is 14.4 Å². The van der Waals surface area contributed by atoms with Crippen molar-refractivity contribution in [2.75, 3.05) is 0 Å². The average molecular weight is 142 g/mol. The molecular formula is C7H10O3. The maximum atomic E-state index is 10.3. The van der Waals surface area contributed by atoms with Crippen molar-refractivity contribution in [3.8, 4) is 0 Å². The van der Waals surface area contributed by atoms with Gasteiger partial charge in [0, 0.05) is 12.8 Å². The lowest BCUT2D eigenvalue weighted by Gasteiger charge is -1.90. The van der Waals surface area contributed by atoms with Crippen LogP contribution in [0.3, 0.4) is 0 Å². The topological polar surface area (TPSA) is 51.2 Å². The summed E-state index contributed by atoms with van der Waals surface area (Å²) in [6, 6.07) is 0. The number of aldehydes is 1. The van der Waals surface area contributed by atoms with Gasteiger partial charge in [-0.2, -0.15) is 0 Å². The van der Waals surface area contributed by atoms with Gasteiger partial charge < -0.3 is 4.79 Å². The van der Waals surface area contributed by atoms with Crippen molar-refractivity contribution >= 4 is 17.9 Å². The fourth-order valence-corrected chi connectivity index (χ4v) is 0.570. The molecule has 0 saturated carbocycles. The molecule has 0 aromatic heterocycles. The van der Waals surface area contributed by atoms with Crippen molar-refractivity contribution in [2.45, 2.75) is 26.2 Å². The third-order valence-electron chi connectivity index (χ3n) is 1.08. The first-order chi connectivity index (χ1) is 4.66. The van der Waals surface area contributed by atoms with Gasteiger partial charge in [0.25, 0.3) is 0 Å². The van der Waals surface area contributed by atoms with Crippen molar-refractivity contribution in [2.24, 2.45) is 0 Å². The zero-order valence-corrected chi connectivity index (χ0v) is 5.92. The van der Waals surface area contributed by atoms with Gasteiger partial charge in [0.05, 0.1) is 0 Å². The van der Waals surface area contributed by atoms with E-state index >= 15 is 0 Å². The molecule has 0 rings (SSSR count). The molecule has 0 heterocycles. The Morgan fingerprint density at radius 1 is 1.30 bits per heavy atom. The monoisotopic (exact) mass is 142 g/mol. The maximum Gasteiger partial charge on any atom is 0.195 e.